The zero-order chi connectivity index (χ0) is 12.4. The first-order valence-electron chi connectivity index (χ1n) is 6.42. The molecule has 0 bridgehead atoms. The van der Waals surface area contributed by atoms with Crippen molar-refractivity contribution in [2.75, 3.05) is 23.7 Å². The van der Waals surface area contributed by atoms with Crippen molar-refractivity contribution in [1.82, 2.24) is 9.97 Å². The molecule has 17 heavy (non-hydrogen) atoms. The van der Waals surface area contributed by atoms with E-state index in [1.807, 2.05) is 13.0 Å². The number of hydrogen-bond donors (Lipinski definition) is 1. The summed E-state index contributed by atoms with van der Waals surface area (Å²) in [4.78, 5) is 10.9. The highest BCUT2D eigenvalue weighted by Crippen LogP contribution is 2.27. The lowest BCUT2D eigenvalue weighted by molar-refractivity contribution is 0.310. The van der Waals surface area contributed by atoms with E-state index in [-0.39, 0.29) is 0 Å². The molecule has 0 radical (unpaired) electrons. The van der Waals surface area contributed by atoms with Crippen molar-refractivity contribution < 1.29 is 0 Å². The average Bonchev–Trinajstić information content (AvgIpc) is 2.28. The van der Waals surface area contributed by atoms with Gasteiger partial charge in [0.25, 0.3) is 0 Å². The number of hydrogen-bond acceptors (Lipinski definition) is 4. The minimum Gasteiger partial charge on any atom is -0.384 e. The van der Waals surface area contributed by atoms with Crippen LogP contribution in [0.3, 0.4) is 0 Å². The molecule has 2 rings (SSSR count). The lowest BCUT2D eigenvalue weighted by Crippen LogP contribution is -2.35. The van der Waals surface area contributed by atoms with Crippen LogP contribution in [0.15, 0.2) is 6.07 Å². The van der Waals surface area contributed by atoms with Gasteiger partial charge in [-0.2, -0.15) is 0 Å². The summed E-state index contributed by atoms with van der Waals surface area (Å²) in [7, 11) is 0. The van der Waals surface area contributed by atoms with Gasteiger partial charge in [0.2, 0.25) is 0 Å². The molecule has 1 aliphatic rings. The lowest BCUT2D eigenvalue weighted by atomic mass is 9.87. The second kappa shape index (κ2) is 4.90. The van der Waals surface area contributed by atoms with Gasteiger partial charge in [0.1, 0.15) is 17.5 Å². The molecule has 0 unspecified atom stereocenters. The van der Waals surface area contributed by atoms with E-state index in [9.17, 15) is 0 Å². The Balaban J connectivity index is 2.05. The summed E-state index contributed by atoms with van der Waals surface area (Å²) in [5.41, 5.74) is 5.76. The molecule has 1 aromatic heterocycles. The molecular formula is C13H22N4. The molecule has 0 saturated carbocycles. The third-order valence-electron chi connectivity index (χ3n) is 3.65. The number of nitrogens with two attached hydrogens (primary N) is 1. The number of nitrogens with zero attached hydrogens (tertiary/aromatic N) is 3. The molecule has 4 heteroatoms. The number of piperidine rings is 1. The normalized spacial score (nSPS) is 17.8. The Bertz CT molecular complexity index is 361. The highest BCUT2D eigenvalue weighted by atomic mass is 15.2. The molecule has 4 nitrogen and oxygen atoms in total. The Hall–Kier alpha value is -1.32. The summed E-state index contributed by atoms with van der Waals surface area (Å²) in [6.07, 6.45) is 2.50. The summed E-state index contributed by atoms with van der Waals surface area (Å²) in [6.45, 7) is 8.68. The van der Waals surface area contributed by atoms with Crippen LogP contribution in [-0.2, 0) is 0 Å². The lowest BCUT2D eigenvalue weighted by Gasteiger charge is -2.34. The Morgan fingerprint density at radius 3 is 2.47 bits per heavy atom. The van der Waals surface area contributed by atoms with Crippen molar-refractivity contribution in [3.63, 3.8) is 0 Å². The highest BCUT2D eigenvalue weighted by molar-refractivity contribution is 5.47. The minimum absolute atomic E-state index is 0.568. The van der Waals surface area contributed by atoms with E-state index in [4.69, 9.17) is 5.73 Å². The van der Waals surface area contributed by atoms with Crippen LogP contribution in [0.1, 0.15) is 32.5 Å². The van der Waals surface area contributed by atoms with E-state index >= 15 is 0 Å². The second-order valence-electron chi connectivity index (χ2n) is 5.27. The predicted octanol–water partition coefficient (Wildman–Crippen LogP) is 2.24. The van der Waals surface area contributed by atoms with E-state index < -0.39 is 0 Å². The summed E-state index contributed by atoms with van der Waals surface area (Å²) in [5, 5.41) is 0. The molecule has 1 aliphatic heterocycles. The Morgan fingerprint density at radius 1 is 1.29 bits per heavy atom. The molecule has 0 aromatic carbocycles. The van der Waals surface area contributed by atoms with Crippen molar-refractivity contribution in [3.05, 3.63) is 11.9 Å². The predicted molar refractivity (Wildman–Crippen MR) is 71.0 cm³/mol. The standard InChI is InChI=1S/C13H22N4/c1-9(2)11-4-6-17(7-5-11)13-8-12(14)15-10(3)16-13/h8-9,11H,4-7H2,1-3H3,(H2,14,15,16). The Morgan fingerprint density at radius 2 is 1.94 bits per heavy atom. The Labute approximate surface area is 103 Å². The smallest absolute Gasteiger partial charge is 0.134 e. The molecule has 94 valence electrons. The van der Waals surface area contributed by atoms with Crippen LogP contribution >= 0.6 is 0 Å². The van der Waals surface area contributed by atoms with Gasteiger partial charge < -0.3 is 10.6 Å². The van der Waals surface area contributed by atoms with E-state index in [1.165, 1.54) is 12.8 Å². The quantitative estimate of drug-likeness (QED) is 0.852. The van der Waals surface area contributed by atoms with Crippen LogP contribution in [0, 0.1) is 18.8 Å². The number of aromatic nitrogens is 2. The second-order valence-corrected chi connectivity index (χ2v) is 5.27. The van der Waals surface area contributed by atoms with Crippen molar-refractivity contribution >= 4 is 11.6 Å². The van der Waals surface area contributed by atoms with E-state index in [1.54, 1.807) is 0 Å². The van der Waals surface area contributed by atoms with Crippen LogP contribution in [0.4, 0.5) is 11.6 Å². The van der Waals surface area contributed by atoms with Crippen LogP contribution < -0.4 is 10.6 Å². The van der Waals surface area contributed by atoms with Crippen molar-refractivity contribution in [2.45, 2.75) is 33.6 Å². The SMILES string of the molecule is Cc1nc(N)cc(N2CCC(C(C)C)CC2)n1. The average molecular weight is 234 g/mol. The molecule has 0 atom stereocenters. The van der Waals surface area contributed by atoms with E-state index in [2.05, 4.69) is 28.7 Å². The molecule has 0 amide bonds. The molecule has 1 saturated heterocycles. The maximum atomic E-state index is 5.76. The molecule has 0 aliphatic carbocycles. The maximum absolute atomic E-state index is 5.76. The Kier molecular flexibility index (Phi) is 3.50. The molecule has 1 aromatic rings. The van der Waals surface area contributed by atoms with Crippen LogP contribution in [-0.4, -0.2) is 23.1 Å². The van der Waals surface area contributed by atoms with E-state index in [0.717, 1.165) is 36.6 Å². The molecule has 1 fully saturated rings. The van der Waals surface area contributed by atoms with Gasteiger partial charge in [-0.25, -0.2) is 9.97 Å². The summed E-state index contributed by atoms with van der Waals surface area (Å²) >= 11 is 0. The van der Waals surface area contributed by atoms with Gasteiger partial charge in [0, 0.05) is 19.2 Å². The fraction of sp³-hybridized carbons (Fsp3) is 0.692. The molecule has 0 spiro atoms. The van der Waals surface area contributed by atoms with Crippen molar-refractivity contribution in [1.29, 1.82) is 0 Å². The third kappa shape index (κ3) is 2.87. The van der Waals surface area contributed by atoms with Gasteiger partial charge >= 0.3 is 0 Å². The number of aryl methyl sites for hydroxylation is 1. The maximum Gasteiger partial charge on any atom is 0.134 e. The monoisotopic (exact) mass is 234 g/mol. The summed E-state index contributed by atoms with van der Waals surface area (Å²) in [5.74, 6) is 3.95. The summed E-state index contributed by atoms with van der Waals surface area (Å²) < 4.78 is 0. The number of nitrogen functional groups attached to an aromatic ring is 1. The first-order chi connectivity index (χ1) is 8.06. The highest BCUT2D eigenvalue weighted by Gasteiger charge is 2.22. The largest absolute Gasteiger partial charge is 0.384 e. The van der Waals surface area contributed by atoms with Gasteiger partial charge in [-0.1, -0.05) is 13.8 Å². The minimum atomic E-state index is 0.568. The van der Waals surface area contributed by atoms with Crippen LogP contribution in [0.5, 0.6) is 0 Å². The van der Waals surface area contributed by atoms with E-state index in [0.29, 0.717) is 5.82 Å². The number of anilines is 2. The van der Waals surface area contributed by atoms with Crippen molar-refractivity contribution in [3.8, 4) is 0 Å². The van der Waals surface area contributed by atoms with Crippen LogP contribution in [0.2, 0.25) is 0 Å². The zero-order valence-electron chi connectivity index (χ0n) is 11.0. The van der Waals surface area contributed by atoms with Gasteiger partial charge in [0.05, 0.1) is 0 Å². The fourth-order valence-corrected chi connectivity index (χ4v) is 2.53. The van der Waals surface area contributed by atoms with Gasteiger partial charge in [0.15, 0.2) is 0 Å². The first kappa shape index (κ1) is 12.1. The third-order valence-corrected chi connectivity index (χ3v) is 3.65. The van der Waals surface area contributed by atoms with Crippen molar-refractivity contribution in [2.24, 2.45) is 11.8 Å². The first-order valence-corrected chi connectivity index (χ1v) is 6.42. The zero-order valence-corrected chi connectivity index (χ0v) is 11.0. The number of rotatable bonds is 2. The topological polar surface area (TPSA) is 55.0 Å². The van der Waals surface area contributed by atoms with Gasteiger partial charge in [-0.15, -0.1) is 0 Å². The van der Waals surface area contributed by atoms with Gasteiger partial charge in [-0.3, -0.25) is 0 Å². The fourth-order valence-electron chi connectivity index (χ4n) is 2.53. The summed E-state index contributed by atoms with van der Waals surface area (Å²) in [6, 6.07) is 1.88. The molecule has 2 N–H and O–H groups in total. The molecular weight excluding hydrogens is 212 g/mol. The molecule has 2 heterocycles. The van der Waals surface area contributed by atoms with Crippen LogP contribution in [0.25, 0.3) is 0 Å². The van der Waals surface area contributed by atoms with Gasteiger partial charge in [-0.05, 0) is 31.6 Å².